The maximum atomic E-state index is 13.0. The van der Waals surface area contributed by atoms with Gasteiger partial charge in [-0.2, -0.15) is 0 Å². The van der Waals surface area contributed by atoms with Gasteiger partial charge in [-0.3, -0.25) is 37.3 Å². The lowest BCUT2D eigenvalue weighted by Gasteiger charge is -2.21. The number of ether oxygens (including phenoxy) is 4. The third kappa shape index (κ3) is 63.5. The predicted molar refractivity (Wildman–Crippen MR) is 363 cm³/mol. The first-order chi connectivity index (χ1) is 43.6. The van der Waals surface area contributed by atoms with E-state index in [0.29, 0.717) is 25.7 Å². The molecule has 0 aliphatic carbocycles. The zero-order chi connectivity index (χ0) is 66.3. The molecule has 0 fully saturated rings. The van der Waals surface area contributed by atoms with Crippen molar-refractivity contribution in [2.24, 2.45) is 5.92 Å². The number of phosphoric ester groups is 2. The van der Waals surface area contributed by atoms with Gasteiger partial charge in [0.15, 0.2) is 12.2 Å². The third-order valence-corrected chi connectivity index (χ3v) is 18.8. The normalized spacial score (nSPS) is 14.4. The molecule has 3 N–H and O–H groups in total. The summed E-state index contributed by atoms with van der Waals surface area (Å²) in [4.78, 5) is 72.5. The Balaban J connectivity index is 5.23. The van der Waals surface area contributed by atoms with Gasteiger partial charge >= 0.3 is 39.5 Å². The van der Waals surface area contributed by atoms with Crippen molar-refractivity contribution in [3.05, 3.63) is 0 Å². The number of unbranched alkanes of at least 4 members (excludes halogenated alkanes) is 42. The minimum absolute atomic E-state index is 0.107. The molecule has 0 aliphatic heterocycles. The molecule has 0 heterocycles. The van der Waals surface area contributed by atoms with Crippen LogP contribution in [0.2, 0.25) is 0 Å². The molecule has 534 valence electrons. The second kappa shape index (κ2) is 64.4. The zero-order valence-electron chi connectivity index (χ0n) is 58.3. The molecule has 17 nitrogen and oxygen atoms in total. The molecule has 90 heavy (non-hydrogen) atoms. The first kappa shape index (κ1) is 88.1. The summed E-state index contributed by atoms with van der Waals surface area (Å²) >= 11 is 0. The Morgan fingerprint density at radius 1 is 0.311 bits per heavy atom. The van der Waals surface area contributed by atoms with Crippen LogP contribution in [0.15, 0.2) is 0 Å². The third-order valence-electron chi connectivity index (χ3n) is 16.9. The number of hydrogen-bond acceptors (Lipinski definition) is 15. The first-order valence-electron chi connectivity index (χ1n) is 37.2. The zero-order valence-corrected chi connectivity index (χ0v) is 60.1. The minimum atomic E-state index is -4.95. The van der Waals surface area contributed by atoms with Crippen LogP contribution in [-0.4, -0.2) is 96.7 Å². The van der Waals surface area contributed by atoms with E-state index in [4.69, 9.17) is 37.0 Å². The fourth-order valence-corrected chi connectivity index (χ4v) is 12.4. The molecule has 0 saturated carbocycles. The summed E-state index contributed by atoms with van der Waals surface area (Å²) in [6.07, 6.45) is 51.2. The molecule has 0 spiro atoms. The van der Waals surface area contributed by atoms with E-state index >= 15 is 0 Å². The number of hydrogen-bond donors (Lipinski definition) is 3. The molecule has 19 heteroatoms. The summed E-state index contributed by atoms with van der Waals surface area (Å²) < 4.78 is 68.3. The van der Waals surface area contributed by atoms with Crippen molar-refractivity contribution in [3.63, 3.8) is 0 Å². The van der Waals surface area contributed by atoms with Gasteiger partial charge in [-0.1, -0.05) is 317 Å². The van der Waals surface area contributed by atoms with Crippen molar-refractivity contribution in [2.75, 3.05) is 39.6 Å². The Bertz CT molecular complexity index is 1740. The molecule has 0 rings (SSSR count). The smallest absolute Gasteiger partial charge is 0.462 e. The Morgan fingerprint density at radius 2 is 0.533 bits per heavy atom. The van der Waals surface area contributed by atoms with Crippen molar-refractivity contribution < 1.29 is 80.2 Å². The second-order valence-electron chi connectivity index (χ2n) is 25.9. The van der Waals surface area contributed by atoms with E-state index in [2.05, 4.69) is 34.6 Å². The second-order valence-corrected chi connectivity index (χ2v) is 28.8. The van der Waals surface area contributed by atoms with Gasteiger partial charge in [0.2, 0.25) is 0 Å². The van der Waals surface area contributed by atoms with Crippen molar-refractivity contribution in [2.45, 2.75) is 387 Å². The Hall–Kier alpha value is -1.94. The minimum Gasteiger partial charge on any atom is -0.462 e. The molecule has 0 saturated heterocycles. The molecular weight excluding hydrogens is 1190 g/mol. The molecule has 0 aromatic rings. The molecule has 3 unspecified atom stereocenters. The van der Waals surface area contributed by atoms with E-state index in [9.17, 15) is 43.2 Å². The van der Waals surface area contributed by atoms with Crippen LogP contribution in [0.5, 0.6) is 0 Å². The van der Waals surface area contributed by atoms with Crippen molar-refractivity contribution in [1.82, 2.24) is 0 Å². The lowest BCUT2D eigenvalue weighted by molar-refractivity contribution is -0.161. The summed E-state index contributed by atoms with van der Waals surface area (Å²) in [5.74, 6) is -1.32. The topological polar surface area (TPSA) is 237 Å². The van der Waals surface area contributed by atoms with Crippen LogP contribution in [0.25, 0.3) is 0 Å². The molecule has 0 aliphatic rings. The summed E-state index contributed by atoms with van der Waals surface area (Å²) in [6, 6.07) is 0. The molecule has 0 bridgehead atoms. The summed E-state index contributed by atoms with van der Waals surface area (Å²) in [5, 5.41) is 10.6. The highest BCUT2D eigenvalue weighted by atomic mass is 31.2. The van der Waals surface area contributed by atoms with Crippen LogP contribution >= 0.6 is 15.6 Å². The van der Waals surface area contributed by atoms with E-state index in [1.54, 1.807) is 0 Å². The Morgan fingerprint density at radius 3 is 0.789 bits per heavy atom. The largest absolute Gasteiger partial charge is 0.472 e. The van der Waals surface area contributed by atoms with Crippen molar-refractivity contribution in [3.8, 4) is 0 Å². The van der Waals surface area contributed by atoms with Gasteiger partial charge in [0, 0.05) is 25.7 Å². The summed E-state index contributed by atoms with van der Waals surface area (Å²) in [7, 11) is -9.90. The highest BCUT2D eigenvalue weighted by molar-refractivity contribution is 7.47. The molecule has 0 amide bonds. The van der Waals surface area contributed by atoms with Crippen LogP contribution in [0.3, 0.4) is 0 Å². The number of esters is 4. The van der Waals surface area contributed by atoms with Gasteiger partial charge in [0.05, 0.1) is 26.4 Å². The van der Waals surface area contributed by atoms with Crippen LogP contribution < -0.4 is 0 Å². The standard InChI is InChI=1S/C71H138O17P2/c1-6-10-13-16-19-22-24-26-28-30-35-40-45-50-55-69(74)82-61-67(88-71(76)57-52-47-42-37-33-32-34-38-43-48-53-64(5)9-4)63-86-90(79,80)84-59-65(72)58-83-89(77,78)85-62-66(60-81-68(73)54-49-44-39-21-18-15-12-8-3)87-70(75)56-51-46-41-36-31-29-27-25-23-20-17-14-11-7-2/h64-67,72H,6-63H2,1-5H3,(H,77,78)(H,79,80)/t64?,65-,66+,67+/m0/s1. The maximum Gasteiger partial charge on any atom is 0.472 e. The quantitative estimate of drug-likeness (QED) is 0.0222. The van der Waals surface area contributed by atoms with Gasteiger partial charge in [-0.25, -0.2) is 9.13 Å². The van der Waals surface area contributed by atoms with E-state index in [1.165, 1.54) is 186 Å². The van der Waals surface area contributed by atoms with Crippen LogP contribution in [-0.2, 0) is 65.4 Å². The molecule has 0 aromatic carbocycles. The van der Waals surface area contributed by atoms with E-state index in [0.717, 1.165) is 102 Å². The van der Waals surface area contributed by atoms with Gasteiger partial charge in [0.25, 0.3) is 0 Å². The van der Waals surface area contributed by atoms with Gasteiger partial charge in [-0.05, 0) is 31.6 Å². The van der Waals surface area contributed by atoms with Crippen LogP contribution in [0, 0.1) is 5.92 Å². The van der Waals surface area contributed by atoms with Crippen molar-refractivity contribution >= 4 is 39.5 Å². The maximum absolute atomic E-state index is 13.0. The van der Waals surface area contributed by atoms with Gasteiger partial charge in [-0.15, -0.1) is 0 Å². The first-order valence-corrected chi connectivity index (χ1v) is 40.2. The molecule has 0 aromatic heterocycles. The van der Waals surface area contributed by atoms with Gasteiger partial charge < -0.3 is 33.8 Å². The molecular formula is C71H138O17P2. The fourth-order valence-electron chi connectivity index (χ4n) is 10.8. The van der Waals surface area contributed by atoms with E-state index < -0.39 is 97.5 Å². The van der Waals surface area contributed by atoms with Gasteiger partial charge in [0.1, 0.15) is 19.3 Å². The Kier molecular flexibility index (Phi) is 63.0. The lowest BCUT2D eigenvalue weighted by Crippen LogP contribution is -2.30. The summed E-state index contributed by atoms with van der Waals surface area (Å²) in [6.45, 7) is 7.26. The van der Waals surface area contributed by atoms with Crippen LogP contribution in [0.1, 0.15) is 369 Å². The number of carbonyl (C=O) groups is 4. The monoisotopic (exact) mass is 1320 g/mol. The van der Waals surface area contributed by atoms with E-state index in [-0.39, 0.29) is 25.7 Å². The number of phosphoric acid groups is 2. The number of aliphatic hydroxyl groups excluding tert-OH is 1. The average Bonchev–Trinajstić information content (AvgIpc) is 3.73. The SMILES string of the molecule is CCCCCCCCCCCCCCCCC(=O)OC[C@H](COP(=O)(O)OC[C@@H](O)COP(=O)(O)OC[C@@H](COC(=O)CCCCCCCCCC)OC(=O)CCCCCCCCCCCCCCCC)OC(=O)CCCCCCCCCCCCC(C)CC. The van der Waals surface area contributed by atoms with E-state index in [1.807, 2.05) is 0 Å². The number of rotatable bonds is 71. The summed E-state index contributed by atoms with van der Waals surface area (Å²) in [5.41, 5.74) is 0. The highest BCUT2D eigenvalue weighted by Crippen LogP contribution is 2.45. The fraction of sp³-hybridized carbons (Fsp3) is 0.944. The molecule has 0 radical (unpaired) electrons. The average molecular weight is 1330 g/mol. The molecule has 6 atom stereocenters. The number of carbonyl (C=O) groups excluding carboxylic acids is 4. The predicted octanol–water partition coefficient (Wildman–Crippen LogP) is 20.5. The number of aliphatic hydroxyl groups is 1. The van der Waals surface area contributed by atoms with Crippen molar-refractivity contribution in [1.29, 1.82) is 0 Å². The Labute approximate surface area is 549 Å². The highest BCUT2D eigenvalue weighted by Gasteiger charge is 2.30. The lowest BCUT2D eigenvalue weighted by atomic mass is 9.99. The van der Waals surface area contributed by atoms with Crippen LogP contribution in [0.4, 0.5) is 0 Å².